The number of fused-ring (bicyclic) bond motifs is 1. The van der Waals surface area contributed by atoms with Crippen molar-refractivity contribution in [3.8, 4) is 0 Å². The fraction of sp³-hybridized carbons (Fsp3) is 0.467. The van der Waals surface area contributed by atoms with Crippen molar-refractivity contribution in [2.45, 2.75) is 39.0 Å². The van der Waals surface area contributed by atoms with Crippen LogP contribution >= 0.6 is 23.1 Å². The van der Waals surface area contributed by atoms with E-state index in [9.17, 15) is 9.59 Å². The summed E-state index contributed by atoms with van der Waals surface area (Å²) in [6, 6.07) is 1.60. The normalized spacial score (nSPS) is 13.7. The minimum Gasteiger partial charge on any atom is -0.300 e. The molecule has 2 aromatic rings. The van der Waals surface area contributed by atoms with E-state index in [4.69, 9.17) is 0 Å². The molecule has 0 radical (unpaired) electrons. The third-order valence-electron chi connectivity index (χ3n) is 3.67. The summed E-state index contributed by atoms with van der Waals surface area (Å²) >= 11 is 3.25. The highest BCUT2D eigenvalue weighted by Gasteiger charge is 2.16. The smallest absolute Gasteiger partial charge is 0.267 e. The Hall–Kier alpha value is -1.67. The molecule has 6 nitrogen and oxygen atoms in total. The van der Waals surface area contributed by atoms with Gasteiger partial charge in [0.25, 0.3) is 5.56 Å². The highest BCUT2D eigenvalue weighted by Crippen LogP contribution is 2.23. The summed E-state index contributed by atoms with van der Waals surface area (Å²) in [6.07, 6.45) is 1.68. The first-order chi connectivity index (χ1) is 11.1. The first-order valence-electron chi connectivity index (χ1n) is 7.50. The molecule has 0 unspecified atom stereocenters. The Morgan fingerprint density at radius 1 is 1.48 bits per heavy atom. The average molecular weight is 350 g/mol. The van der Waals surface area contributed by atoms with Crippen LogP contribution < -0.4 is 10.9 Å². The number of aryl methyl sites for hydroxylation is 3. The van der Waals surface area contributed by atoms with Crippen LogP contribution in [-0.4, -0.2) is 26.4 Å². The zero-order valence-corrected chi connectivity index (χ0v) is 14.7. The van der Waals surface area contributed by atoms with Crippen LogP contribution in [0.25, 0.3) is 0 Å². The van der Waals surface area contributed by atoms with E-state index in [-0.39, 0.29) is 18.0 Å². The largest absolute Gasteiger partial charge is 0.300 e. The Morgan fingerprint density at radius 2 is 2.30 bits per heavy atom. The Morgan fingerprint density at radius 3 is 3.04 bits per heavy atom. The van der Waals surface area contributed by atoms with Crippen molar-refractivity contribution < 1.29 is 4.79 Å². The third-order valence-corrected chi connectivity index (χ3v) is 5.61. The second-order valence-electron chi connectivity index (χ2n) is 5.34. The summed E-state index contributed by atoms with van der Waals surface area (Å²) in [4.78, 5) is 29.7. The maximum absolute atomic E-state index is 12.2. The lowest BCUT2D eigenvalue weighted by Crippen LogP contribution is -2.31. The molecule has 1 aliphatic rings. The lowest BCUT2D eigenvalue weighted by Gasteiger charge is -2.15. The molecule has 0 bridgehead atoms. The van der Waals surface area contributed by atoms with E-state index in [0.29, 0.717) is 5.13 Å². The van der Waals surface area contributed by atoms with Crippen molar-refractivity contribution in [1.29, 1.82) is 0 Å². The van der Waals surface area contributed by atoms with Crippen molar-refractivity contribution in [3.05, 3.63) is 38.2 Å². The molecule has 0 fully saturated rings. The Labute approximate surface area is 142 Å². The topological polar surface area (TPSA) is 76.9 Å². The Bertz CT molecular complexity index is 797. The van der Waals surface area contributed by atoms with Crippen LogP contribution in [0.4, 0.5) is 5.13 Å². The number of carbonyl (C=O) groups is 1. The van der Waals surface area contributed by atoms with Gasteiger partial charge in [-0.2, -0.15) is 16.9 Å². The summed E-state index contributed by atoms with van der Waals surface area (Å²) in [5.74, 6) is 1.55. The Balaban J connectivity index is 1.73. The molecule has 0 aliphatic carbocycles. The first-order valence-corrected chi connectivity index (χ1v) is 9.47. The minimum atomic E-state index is -0.277. The van der Waals surface area contributed by atoms with Gasteiger partial charge in [0.15, 0.2) is 5.13 Å². The van der Waals surface area contributed by atoms with E-state index in [0.717, 1.165) is 46.2 Å². The van der Waals surface area contributed by atoms with Gasteiger partial charge in [-0.15, -0.1) is 11.3 Å². The molecule has 0 atom stereocenters. The molecule has 2 aromatic heterocycles. The molecule has 0 saturated carbocycles. The molecule has 8 heteroatoms. The van der Waals surface area contributed by atoms with Gasteiger partial charge >= 0.3 is 0 Å². The van der Waals surface area contributed by atoms with Gasteiger partial charge in [0.1, 0.15) is 6.54 Å². The first kappa shape index (κ1) is 16.2. The van der Waals surface area contributed by atoms with Crippen LogP contribution in [0.1, 0.15) is 28.8 Å². The van der Waals surface area contributed by atoms with Gasteiger partial charge in [0.05, 0.1) is 11.4 Å². The van der Waals surface area contributed by atoms with Crippen LogP contribution in [0.2, 0.25) is 0 Å². The standard InChI is InChI=1S/C15H18N4O2S2/c1-3-11-9(2)23-15(16-11)17-13(20)7-19-14(21)6-10-8-22-5-4-12(10)18-19/h6H,3-5,7-8H2,1-2H3,(H,16,17,20). The fourth-order valence-corrected chi connectivity index (χ4v) is 4.34. The molecule has 122 valence electrons. The number of carbonyl (C=O) groups excluding carboxylic acids is 1. The van der Waals surface area contributed by atoms with Crippen molar-refractivity contribution >= 4 is 34.1 Å². The second kappa shape index (κ2) is 6.84. The van der Waals surface area contributed by atoms with Crippen LogP contribution in [0, 0.1) is 6.92 Å². The quantitative estimate of drug-likeness (QED) is 0.913. The van der Waals surface area contributed by atoms with E-state index in [1.165, 1.54) is 16.0 Å². The molecule has 1 aliphatic heterocycles. The predicted octanol–water partition coefficient (Wildman–Crippen LogP) is 2.00. The number of amides is 1. The molecule has 23 heavy (non-hydrogen) atoms. The van der Waals surface area contributed by atoms with Gasteiger partial charge in [-0.25, -0.2) is 9.67 Å². The molecule has 1 N–H and O–H groups in total. The summed E-state index contributed by atoms with van der Waals surface area (Å²) in [5.41, 5.74) is 2.68. The maximum atomic E-state index is 12.2. The predicted molar refractivity (Wildman–Crippen MR) is 93.2 cm³/mol. The zero-order valence-electron chi connectivity index (χ0n) is 13.1. The van der Waals surface area contributed by atoms with E-state index >= 15 is 0 Å². The van der Waals surface area contributed by atoms with Gasteiger partial charge in [-0.05, 0) is 24.7 Å². The van der Waals surface area contributed by atoms with Crippen molar-refractivity contribution in [1.82, 2.24) is 14.8 Å². The Kier molecular flexibility index (Phi) is 4.82. The molecule has 0 saturated heterocycles. The summed E-state index contributed by atoms with van der Waals surface area (Å²) in [6.45, 7) is 3.93. The van der Waals surface area contributed by atoms with Gasteiger partial charge < -0.3 is 5.32 Å². The number of hydrogen-bond donors (Lipinski definition) is 1. The highest BCUT2D eigenvalue weighted by molar-refractivity contribution is 7.98. The molecular weight excluding hydrogens is 332 g/mol. The lowest BCUT2D eigenvalue weighted by atomic mass is 10.2. The number of rotatable bonds is 4. The number of thiazole rings is 1. The SMILES string of the molecule is CCc1nc(NC(=O)Cn2nc3c(cc2=O)CSCC3)sc1C. The second-order valence-corrected chi connectivity index (χ2v) is 7.65. The number of thioether (sulfide) groups is 1. The van der Waals surface area contributed by atoms with E-state index in [1.54, 1.807) is 17.8 Å². The maximum Gasteiger partial charge on any atom is 0.267 e. The van der Waals surface area contributed by atoms with Gasteiger partial charge in [0.2, 0.25) is 5.91 Å². The zero-order chi connectivity index (χ0) is 16.4. The van der Waals surface area contributed by atoms with Gasteiger partial charge in [-0.3, -0.25) is 9.59 Å². The summed E-state index contributed by atoms with van der Waals surface area (Å²) in [5, 5.41) is 7.68. The van der Waals surface area contributed by atoms with E-state index in [1.807, 2.05) is 13.8 Å². The summed E-state index contributed by atoms with van der Waals surface area (Å²) in [7, 11) is 0. The number of hydrogen-bond acceptors (Lipinski definition) is 6. The number of anilines is 1. The molecular formula is C15H18N4O2S2. The van der Waals surface area contributed by atoms with Gasteiger partial charge in [-0.1, -0.05) is 6.92 Å². The van der Waals surface area contributed by atoms with Crippen molar-refractivity contribution in [2.75, 3.05) is 11.1 Å². The van der Waals surface area contributed by atoms with Crippen LogP contribution in [0.15, 0.2) is 10.9 Å². The molecule has 0 aromatic carbocycles. The van der Waals surface area contributed by atoms with Crippen molar-refractivity contribution in [3.63, 3.8) is 0 Å². The van der Waals surface area contributed by atoms with Gasteiger partial charge in [0, 0.05) is 23.1 Å². The van der Waals surface area contributed by atoms with Crippen LogP contribution in [-0.2, 0) is 29.9 Å². The average Bonchev–Trinajstić information content (AvgIpc) is 2.87. The highest BCUT2D eigenvalue weighted by atomic mass is 32.2. The minimum absolute atomic E-state index is 0.0840. The fourth-order valence-electron chi connectivity index (χ4n) is 2.47. The molecule has 1 amide bonds. The summed E-state index contributed by atoms with van der Waals surface area (Å²) < 4.78 is 1.24. The number of nitrogens with zero attached hydrogens (tertiary/aromatic N) is 3. The van der Waals surface area contributed by atoms with Crippen LogP contribution in [0.5, 0.6) is 0 Å². The number of aromatic nitrogens is 3. The molecule has 3 rings (SSSR count). The monoisotopic (exact) mass is 350 g/mol. The van der Waals surface area contributed by atoms with Crippen molar-refractivity contribution in [2.24, 2.45) is 0 Å². The molecule has 3 heterocycles. The van der Waals surface area contributed by atoms with E-state index < -0.39 is 0 Å². The lowest BCUT2D eigenvalue weighted by molar-refractivity contribution is -0.117. The molecule has 0 spiro atoms. The third kappa shape index (κ3) is 3.64. The van der Waals surface area contributed by atoms with Crippen LogP contribution in [0.3, 0.4) is 0 Å². The van der Waals surface area contributed by atoms with E-state index in [2.05, 4.69) is 15.4 Å². The number of nitrogens with one attached hydrogen (secondary N) is 1.